The Bertz CT molecular complexity index is 58.0. The molecule has 0 saturated carbocycles. The van der Waals surface area contributed by atoms with Crippen LogP contribution in [-0.2, 0) is 14.9 Å². The van der Waals surface area contributed by atoms with E-state index in [-0.39, 0.29) is 29.6 Å². The summed E-state index contributed by atoms with van der Waals surface area (Å²) in [7, 11) is -1.86. The van der Waals surface area contributed by atoms with Crippen LogP contribution in [0.3, 0.4) is 0 Å². The van der Waals surface area contributed by atoms with E-state index in [1.807, 2.05) is 0 Å². The van der Waals surface area contributed by atoms with E-state index < -0.39 is 10.7 Å². The molecule has 0 heterocycles. The van der Waals surface area contributed by atoms with E-state index in [2.05, 4.69) is 5.87 Å². The van der Waals surface area contributed by atoms with Crippen molar-refractivity contribution in [1.82, 2.24) is 0 Å². The van der Waals surface area contributed by atoms with Gasteiger partial charge in [0.2, 0.25) is 0 Å². The minimum absolute atomic E-state index is 0. The van der Waals surface area contributed by atoms with Crippen LogP contribution in [0.2, 0.25) is 0 Å². The van der Waals surface area contributed by atoms with Crippen molar-refractivity contribution in [2.45, 2.75) is 0 Å². The molecule has 0 rings (SSSR count). The van der Waals surface area contributed by atoms with Crippen LogP contribution in [0.4, 0.5) is 0 Å². The molecule has 0 atom stereocenters. The Labute approximate surface area is 54.7 Å². The monoisotopic (exact) mass is 102 g/mol. The van der Waals surface area contributed by atoms with E-state index in [4.69, 9.17) is 8.76 Å². The van der Waals surface area contributed by atoms with E-state index in [0.717, 1.165) is 0 Å². The molecule has 26 valence electrons. The maximum atomic E-state index is 9.00. The van der Waals surface area contributed by atoms with Crippen molar-refractivity contribution >= 4 is 16.5 Å². The van der Waals surface area contributed by atoms with Crippen LogP contribution in [0.15, 0.2) is 0 Å². The van der Waals surface area contributed by atoms with Crippen LogP contribution in [0.25, 0.3) is 0 Å². The Morgan fingerprint density at radius 1 is 1.80 bits per heavy atom. The minimum Gasteiger partial charge on any atom is -0.467 e. The average Bonchev–Trinajstić information content (AvgIpc) is 0.811. The fraction of sp³-hybridized carbons (Fsp3) is 0. The molecule has 0 spiro atoms. The molecular formula is CH3NaO2S. The molecule has 4 heteroatoms. The second-order valence-electron chi connectivity index (χ2n) is 0.321. The average molecular weight is 102 g/mol. The maximum absolute atomic E-state index is 9.00. The summed E-state index contributed by atoms with van der Waals surface area (Å²) in [6, 6.07) is 0. The van der Waals surface area contributed by atoms with Crippen LogP contribution in [0, 0.1) is 0 Å². The van der Waals surface area contributed by atoms with E-state index >= 15 is 0 Å². The van der Waals surface area contributed by atoms with Crippen LogP contribution in [0.1, 0.15) is 0 Å². The first kappa shape index (κ1) is 9.36. The molecule has 5 heavy (non-hydrogen) atoms. The largest absolute Gasteiger partial charge is 1.00 e. The van der Waals surface area contributed by atoms with Gasteiger partial charge in [-0.3, -0.25) is 0 Å². The fourth-order valence-corrected chi connectivity index (χ4v) is 0. The summed E-state index contributed by atoms with van der Waals surface area (Å²) in [5, 5.41) is 0. The zero-order valence-corrected chi connectivity index (χ0v) is 5.79. The standard InChI is InChI=1S/CH3O2S.Na/c1-4(2)3;/h1H2,(H,2,3);/q-1;+1. The van der Waals surface area contributed by atoms with Crippen molar-refractivity contribution in [3.05, 3.63) is 0 Å². The summed E-state index contributed by atoms with van der Waals surface area (Å²) in [6.07, 6.45) is 0. The van der Waals surface area contributed by atoms with Gasteiger partial charge in [-0.2, -0.15) is 16.5 Å². The van der Waals surface area contributed by atoms with Gasteiger partial charge < -0.3 is 8.76 Å². The predicted molar refractivity (Wildman–Crippen MR) is 17.8 cm³/mol. The van der Waals surface area contributed by atoms with Gasteiger partial charge in [-0.25, -0.2) is 0 Å². The summed E-state index contributed by atoms with van der Waals surface area (Å²) < 4.78 is 16.4. The normalized spacial score (nSPS) is 6.80. The van der Waals surface area contributed by atoms with Crippen molar-refractivity contribution in [1.29, 1.82) is 0 Å². The Morgan fingerprint density at radius 3 is 1.80 bits per heavy atom. The maximum Gasteiger partial charge on any atom is 1.00 e. The second-order valence-corrected chi connectivity index (χ2v) is 0.964. The summed E-state index contributed by atoms with van der Waals surface area (Å²) in [6.45, 7) is 0. The molecule has 0 bridgehead atoms. The third kappa shape index (κ3) is 46.0. The van der Waals surface area contributed by atoms with Gasteiger partial charge in [0.05, 0.1) is 0 Å². The Balaban J connectivity index is 0. The number of hydrogen-bond donors (Lipinski definition) is 1. The first-order valence-electron chi connectivity index (χ1n) is 0.638. The first-order valence-corrected chi connectivity index (χ1v) is 1.91. The number of hydrogen-bond acceptors (Lipinski definition) is 2. The fourth-order valence-electron chi connectivity index (χ4n) is 0. The molecule has 0 unspecified atom stereocenters. The minimum atomic E-state index is -1.86. The second kappa shape index (κ2) is 4.98. The smallest absolute Gasteiger partial charge is 0.467 e. The van der Waals surface area contributed by atoms with Crippen molar-refractivity contribution in [2.24, 2.45) is 0 Å². The molecule has 2 nitrogen and oxygen atoms in total. The van der Waals surface area contributed by atoms with Crippen molar-refractivity contribution in [2.75, 3.05) is 0 Å². The van der Waals surface area contributed by atoms with Gasteiger partial charge in [0.1, 0.15) is 0 Å². The third-order valence-corrected chi connectivity index (χ3v) is 0. The van der Waals surface area contributed by atoms with E-state index in [0.29, 0.717) is 0 Å². The van der Waals surface area contributed by atoms with E-state index in [1.165, 1.54) is 0 Å². The van der Waals surface area contributed by atoms with Gasteiger partial charge in [0, 0.05) is 0 Å². The Morgan fingerprint density at radius 2 is 1.80 bits per heavy atom. The summed E-state index contributed by atoms with van der Waals surface area (Å²) in [5.41, 5.74) is 0. The van der Waals surface area contributed by atoms with Crippen LogP contribution >= 0.6 is 0 Å². The van der Waals surface area contributed by atoms with Crippen molar-refractivity contribution in [3.8, 4) is 0 Å². The molecule has 0 aliphatic carbocycles. The molecular weight excluding hydrogens is 99.1 g/mol. The van der Waals surface area contributed by atoms with Crippen LogP contribution in [-0.4, -0.2) is 10.4 Å². The zero-order chi connectivity index (χ0) is 3.58. The molecule has 0 radical (unpaired) electrons. The van der Waals surface area contributed by atoms with Gasteiger partial charge in [-0.1, -0.05) is 0 Å². The summed E-state index contributed by atoms with van der Waals surface area (Å²) >= 11 is 0. The quantitative estimate of drug-likeness (QED) is 0.152. The predicted octanol–water partition coefficient (Wildman–Crippen LogP) is -3.14. The van der Waals surface area contributed by atoms with Gasteiger partial charge in [0.15, 0.2) is 0 Å². The van der Waals surface area contributed by atoms with Crippen LogP contribution < -0.4 is 29.6 Å². The molecule has 0 aromatic rings. The first-order chi connectivity index (χ1) is 1.73. The van der Waals surface area contributed by atoms with Gasteiger partial charge in [0.25, 0.3) is 0 Å². The molecule has 0 aliphatic heterocycles. The van der Waals surface area contributed by atoms with Gasteiger partial charge in [-0.05, 0) is 0 Å². The molecule has 0 aromatic carbocycles. The molecule has 0 amide bonds. The van der Waals surface area contributed by atoms with Crippen molar-refractivity contribution in [3.63, 3.8) is 0 Å². The van der Waals surface area contributed by atoms with E-state index in [9.17, 15) is 0 Å². The van der Waals surface area contributed by atoms with Crippen LogP contribution in [0.5, 0.6) is 0 Å². The van der Waals surface area contributed by atoms with Gasteiger partial charge in [-0.15, -0.1) is 0 Å². The third-order valence-electron chi connectivity index (χ3n) is 0. The van der Waals surface area contributed by atoms with E-state index in [1.54, 1.807) is 0 Å². The molecule has 0 aliphatic rings. The SMILES string of the molecule is C=[S-](=O)O.[Na+]. The molecule has 1 N–H and O–H groups in total. The molecule has 0 aromatic heterocycles. The Hall–Kier alpha value is 0.980. The zero-order valence-electron chi connectivity index (χ0n) is 2.97. The summed E-state index contributed by atoms with van der Waals surface area (Å²) in [4.78, 5) is 0. The topological polar surface area (TPSA) is 37.3 Å². The number of rotatable bonds is 0. The summed E-state index contributed by atoms with van der Waals surface area (Å²) in [5.74, 6) is 2.67. The Kier molecular flexibility index (Phi) is 9.33. The molecule has 0 saturated heterocycles. The molecule has 0 fully saturated rings. The van der Waals surface area contributed by atoms with Crippen molar-refractivity contribution < 1.29 is 38.3 Å². The van der Waals surface area contributed by atoms with Gasteiger partial charge >= 0.3 is 29.6 Å².